The van der Waals surface area contributed by atoms with E-state index >= 15 is 0 Å². The van der Waals surface area contributed by atoms with Gasteiger partial charge in [0.15, 0.2) is 0 Å². The van der Waals surface area contributed by atoms with Crippen LogP contribution in [0, 0.1) is 11.3 Å². The quantitative estimate of drug-likeness (QED) is 0.897. The van der Waals surface area contributed by atoms with E-state index in [4.69, 9.17) is 5.26 Å². The maximum absolute atomic E-state index is 8.83. The molecular formula is C15H24N4S. The lowest BCUT2D eigenvalue weighted by Gasteiger charge is -2.43. The molecule has 0 radical (unpaired) electrons. The van der Waals surface area contributed by atoms with Gasteiger partial charge in [-0.25, -0.2) is 0 Å². The Morgan fingerprint density at radius 3 is 2.60 bits per heavy atom. The van der Waals surface area contributed by atoms with Crippen molar-refractivity contribution in [2.45, 2.75) is 25.9 Å². The molecule has 4 nitrogen and oxygen atoms in total. The predicted octanol–water partition coefficient (Wildman–Crippen LogP) is 1.74. The van der Waals surface area contributed by atoms with Crippen molar-refractivity contribution in [1.82, 2.24) is 15.1 Å². The summed E-state index contributed by atoms with van der Waals surface area (Å²) in [6.07, 6.45) is 0. The fourth-order valence-electron chi connectivity index (χ4n) is 2.55. The number of hydrogen-bond acceptors (Lipinski definition) is 5. The summed E-state index contributed by atoms with van der Waals surface area (Å²) in [5.74, 6) is 0. The highest BCUT2D eigenvalue weighted by atomic mass is 32.1. The fraction of sp³-hybridized carbons (Fsp3) is 0.667. The second-order valence-corrected chi connectivity index (χ2v) is 7.25. The third-order valence-electron chi connectivity index (χ3n) is 3.99. The molecular weight excluding hydrogens is 268 g/mol. The van der Waals surface area contributed by atoms with Crippen molar-refractivity contribution in [3.8, 4) is 6.07 Å². The zero-order valence-electron chi connectivity index (χ0n) is 12.6. The van der Waals surface area contributed by atoms with Gasteiger partial charge in [0.05, 0.1) is 0 Å². The molecule has 1 fully saturated rings. The first-order chi connectivity index (χ1) is 9.51. The average molecular weight is 292 g/mol. The van der Waals surface area contributed by atoms with Crippen LogP contribution in [0.4, 0.5) is 0 Å². The third kappa shape index (κ3) is 4.03. The van der Waals surface area contributed by atoms with Crippen LogP contribution in [0.15, 0.2) is 12.1 Å². The second-order valence-electron chi connectivity index (χ2n) is 6.08. The van der Waals surface area contributed by atoms with E-state index in [0.717, 1.165) is 44.1 Å². The van der Waals surface area contributed by atoms with Gasteiger partial charge in [-0.15, -0.1) is 11.3 Å². The highest BCUT2D eigenvalue weighted by Crippen LogP contribution is 2.18. The van der Waals surface area contributed by atoms with Crippen molar-refractivity contribution in [1.29, 1.82) is 5.26 Å². The number of rotatable bonds is 5. The van der Waals surface area contributed by atoms with E-state index in [2.05, 4.69) is 42.1 Å². The Morgan fingerprint density at radius 2 is 2.00 bits per heavy atom. The van der Waals surface area contributed by atoms with Gasteiger partial charge in [0.1, 0.15) is 10.9 Å². The average Bonchev–Trinajstić information content (AvgIpc) is 2.87. The number of likely N-dealkylation sites (N-methyl/N-ethyl adjacent to an activating group) is 1. The van der Waals surface area contributed by atoms with Gasteiger partial charge < -0.3 is 10.2 Å². The van der Waals surface area contributed by atoms with Crippen molar-refractivity contribution < 1.29 is 0 Å². The van der Waals surface area contributed by atoms with Gasteiger partial charge in [-0.3, -0.25) is 4.90 Å². The third-order valence-corrected chi connectivity index (χ3v) is 4.98. The largest absolute Gasteiger partial charge is 0.310 e. The summed E-state index contributed by atoms with van der Waals surface area (Å²) in [4.78, 5) is 6.97. The number of thiophene rings is 1. The molecule has 0 amide bonds. The topological polar surface area (TPSA) is 42.3 Å². The van der Waals surface area contributed by atoms with Crippen molar-refractivity contribution in [2.24, 2.45) is 0 Å². The molecule has 2 rings (SSSR count). The Kier molecular flexibility index (Phi) is 5.17. The van der Waals surface area contributed by atoms with Crippen LogP contribution in [0.25, 0.3) is 0 Å². The minimum atomic E-state index is 0.177. The first-order valence-electron chi connectivity index (χ1n) is 7.14. The summed E-state index contributed by atoms with van der Waals surface area (Å²) in [6, 6.07) is 6.12. The summed E-state index contributed by atoms with van der Waals surface area (Å²) < 4.78 is 0. The lowest BCUT2D eigenvalue weighted by atomic mass is 10.0. The van der Waals surface area contributed by atoms with Crippen molar-refractivity contribution in [3.05, 3.63) is 21.9 Å². The molecule has 0 aromatic carbocycles. The molecule has 1 N–H and O–H groups in total. The molecule has 0 atom stereocenters. The standard InChI is InChI=1S/C15H24N4S/c1-15(2,19-8-6-18(3)7-9-19)12-17-11-14-5-4-13(10-16)20-14/h4-5,17H,6-9,11-12H2,1-3H3. The molecule has 20 heavy (non-hydrogen) atoms. The summed E-state index contributed by atoms with van der Waals surface area (Å²) in [6.45, 7) is 11.0. The molecule has 5 heteroatoms. The van der Waals surface area contributed by atoms with Crippen LogP contribution in [0.3, 0.4) is 0 Å². The van der Waals surface area contributed by atoms with E-state index in [1.165, 1.54) is 4.88 Å². The summed E-state index contributed by atoms with van der Waals surface area (Å²) in [5.41, 5.74) is 0.177. The van der Waals surface area contributed by atoms with Gasteiger partial charge in [-0.2, -0.15) is 5.26 Å². The smallest absolute Gasteiger partial charge is 0.110 e. The number of nitrogens with one attached hydrogen (secondary N) is 1. The van der Waals surface area contributed by atoms with Crippen LogP contribution >= 0.6 is 11.3 Å². The lowest BCUT2D eigenvalue weighted by molar-refractivity contribution is 0.0618. The maximum atomic E-state index is 8.83. The number of hydrogen-bond donors (Lipinski definition) is 1. The zero-order chi connectivity index (χ0) is 14.6. The molecule has 1 saturated heterocycles. The number of piperazine rings is 1. The molecule has 1 aromatic rings. The Bertz CT molecular complexity index is 466. The molecule has 0 spiro atoms. The van der Waals surface area contributed by atoms with Crippen LogP contribution in [0.5, 0.6) is 0 Å². The van der Waals surface area contributed by atoms with E-state index < -0.39 is 0 Å². The van der Waals surface area contributed by atoms with Crippen LogP contribution in [0.1, 0.15) is 23.6 Å². The van der Waals surface area contributed by atoms with Crippen molar-refractivity contribution in [3.63, 3.8) is 0 Å². The van der Waals surface area contributed by atoms with Gasteiger partial charge in [-0.1, -0.05) is 0 Å². The monoisotopic (exact) mass is 292 g/mol. The Labute approximate surface area is 126 Å². The molecule has 0 unspecified atom stereocenters. The second kappa shape index (κ2) is 6.68. The van der Waals surface area contributed by atoms with E-state index in [1.54, 1.807) is 11.3 Å². The molecule has 1 aromatic heterocycles. The van der Waals surface area contributed by atoms with E-state index in [9.17, 15) is 0 Å². The molecule has 1 aliphatic heterocycles. The highest BCUT2D eigenvalue weighted by Gasteiger charge is 2.28. The first kappa shape index (κ1) is 15.5. The SMILES string of the molecule is CN1CCN(C(C)(C)CNCc2ccc(C#N)s2)CC1. The van der Waals surface area contributed by atoms with Gasteiger partial charge in [-0.05, 0) is 33.0 Å². The van der Waals surface area contributed by atoms with E-state index in [-0.39, 0.29) is 5.54 Å². The number of nitrogens with zero attached hydrogens (tertiary/aromatic N) is 3. The molecule has 0 bridgehead atoms. The molecule has 0 saturated carbocycles. The maximum Gasteiger partial charge on any atom is 0.110 e. The number of nitriles is 1. The zero-order valence-corrected chi connectivity index (χ0v) is 13.5. The molecule has 0 aliphatic carbocycles. The fourth-order valence-corrected chi connectivity index (χ4v) is 3.32. The normalized spacial score (nSPS) is 18.1. The van der Waals surface area contributed by atoms with E-state index in [0.29, 0.717) is 0 Å². The lowest BCUT2D eigenvalue weighted by Crippen LogP contribution is -2.57. The van der Waals surface area contributed by atoms with Crippen molar-refractivity contribution >= 4 is 11.3 Å². The van der Waals surface area contributed by atoms with Gasteiger partial charge in [0.2, 0.25) is 0 Å². The van der Waals surface area contributed by atoms with Gasteiger partial charge in [0.25, 0.3) is 0 Å². The first-order valence-corrected chi connectivity index (χ1v) is 7.96. The molecule has 1 aliphatic rings. The molecule has 110 valence electrons. The Balaban J connectivity index is 1.78. The van der Waals surface area contributed by atoms with Gasteiger partial charge >= 0.3 is 0 Å². The van der Waals surface area contributed by atoms with Crippen LogP contribution in [-0.4, -0.2) is 55.1 Å². The van der Waals surface area contributed by atoms with Crippen LogP contribution in [-0.2, 0) is 6.54 Å². The minimum absolute atomic E-state index is 0.177. The van der Waals surface area contributed by atoms with Crippen LogP contribution in [0.2, 0.25) is 0 Å². The Morgan fingerprint density at radius 1 is 1.30 bits per heavy atom. The highest BCUT2D eigenvalue weighted by molar-refractivity contribution is 7.12. The predicted molar refractivity (Wildman–Crippen MR) is 83.9 cm³/mol. The molecule has 2 heterocycles. The minimum Gasteiger partial charge on any atom is -0.310 e. The Hall–Kier alpha value is -0.930. The van der Waals surface area contributed by atoms with Crippen LogP contribution < -0.4 is 5.32 Å². The van der Waals surface area contributed by atoms with Gasteiger partial charge in [0, 0.05) is 49.7 Å². The van der Waals surface area contributed by atoms with Crippen molar-refractivity contribution in [2.75, 3.05) is 39.8 Å². The summed E-state index contributed by atoms with van der Waals surface area (Å²) >= 11 is 1.58. The van der Waals surface area contributed by atoms with E-state index in [1.807, 2.05) is 12.1 Å². The summed E-state index contributed by atoms with van der Waals surface area (Å²) in [7, 11) is 2.19. The summed E-state index contributed by atoms with van der Waals surface area (Å²) in [5, 5.41) is 12.4.